The lowest BCUT2D eigenvalue weighted by Gasteiger charge is -2.13. The molecule has 0 saturated heterocycles. The number of hydrogen-bond acceptors (Lipinski definition) is 3. The summed E-state index contributed by atoms with van der Waals surface area (Å²) in [5.74, 6) is 0.287. The topological polar surface area (TPSA) is 50.4 Å². The Morgan fingerprint density at radius 1 is 1.11 bits per heavy atom. The third-order valence-electron chi connectivity index (χ3n) is 4.07. The quantitative estimate of drug-likeness (QED) is 0.551. The van der Waals surface area contributed by atoms with E-state index in [-0.39, 0.29) is 17.6 Å². The van der Waals surface area contributed by atoms with E-state index in [9.17, 15) is 4.79 Å². The molecule has 1 amide bonds. The average Bonchev–Trinajstić information content (AvgIpc) is 2.64. The molecule has 3 aromatic carbocycles. The van der Waals surface area contributed by atoms with Crippen molar-refractivity contribution in [2.24, 2.45) is 0 Å². The largest absolute Gasteiger partial charge is 0.483 e. The Labute approximate surface area is 172 Å². The first-order valence-electron chi connectivity index (χ1n) is 8.42. The number of anilines is 1. The van der Waals surface area contributed by atoms with Crippen molar-refractivity contribution in [2.75, 3.05) is 11.9 Å². The van der Waals surface area contributed by atoms with Crippen LogP contribution < -0.4 is 15.4 Å². The van der Waals surface area contributed by atoms with Crippen LogP contribution in [0, 0.1) is 13.8 Å². The van der Waals surface area contributed by atoms with Crippen LogP contribution >= 0.6 is 28.1 Å². The molecule has 0 fully saturated rings. The summed E-state index contributed by atoms with van der Waals surface area (Å²) in [5.41, 5.74) is 3.09. The van der Waals surface area contributed by atoms with Gasteiger partial charge >= 0.3 is 0 Å². The van der Waals surface area contributed by atoms with Crippen molar-refractivity contribution in [1.82, 2.24) is 5.32 Å². The van der Waals surface area contributed by atoms with Gasteiger partial charge in [-0.25, -0.2) is 0 Å². The Hall–Kier alpha value is -2.44. The fourth-order valence-corrected chi connectivity index (χ4v) is 3.57. The van der Waals surface area contributed by atoms with Gasteiger partial charge in [-0.1, -0.05) is 48.0 Å². The van der Waals surface area contributed by atoms with Crippen LogP contribution in [0.2, 0.25) is 0 Å². The zero-order valence-electron chi connectivity index (χ0n) is 15.0. The summed E-state index contributed by atoms with van der Waals surface area (Å²) in [5, 5.41) is 8.05. The number of carbonyl (C=O) groups excluding carboxylic acids is 1. The predicted molar refractivity (Wildman–Crippen MR) is 117 cm³/mol. The SMILES string of the molecule is Cc1ccc(NC(=S)NC(=O)COc2ccc3ccccc3c2Br)c(C)c1. The molecule has 0 aliphatic heterocycles. The van der Waals surface area contributed by atoms with Crippen molar-refractivity contribution in [1.29, 1.82) is 0 Å². The van der Waals surface area contributed by atoms with Gasteiger partial charge in [-0.05, 0) is 70.5 Å². The van der Waals surface area contributed by atoms with Crippen molar-refractivity contribution in [3.63, 3.8) is 0 Å². The molecule has 3 rings (SSSR count). The number of ether oxygens (including phenoxy) is 1. The Morgan fingerprint density at radius 2 is 1.89 bits per heavy atom. The number of thiocarbonyl (C=S) groups is 1. The molecule has 0 heterocycles. The minimum atomic E-state index is -0.322. The number of nitrogens with one attached hydrogen (secondary N) is 2. The zero-order valence-corrected chi connectivity index (χ0v) is 17.4. The van der Waals surface area contributed by atoms with Crippen molar-refractivity contribution >= 4 is 55.6 Å². The summed E-state index contributed by atoms with van der Waals surface area (Å²) < 4.78 is 6.47. The van der Waals surface area contributed by atoms with Gasteiger partial charge in [0.15, 0.2) is 11.7 Å². The molecule has 138 valence electrons. The number of fused-ring (bicyclic) bond motifs is 1. The second kappa shape index (κ2) is 8.50. The van der Waals surface area contributed by atoms with E-state index in [1.165, 1.54) is 5.56 Å². The minimum absolute atomic E-state index is 0.133. The van der Waals surface area contributed by atoms with Gasteiger partial charge in [-0.3, -0.25) is 10.1 Å². The minimum Gasteiger partial charge on any atom is -0.483 e. The highest BCUT2D eigenvalue weighted by Crippen LogP contribution is 2.32. The highest BCUT2D eigenvalue weighted by Gasteiger charge is 2.10. The van der Waals surface area contributed by atoms with E-state index in [0.717, 1.165) is 26.5 Å². The highest BCUT2D eigenvalue weighted by molar-refractivity contribution is 9.10. The molecule has 0 spiro atoms. The van der Waals surface area contributed by atoms with E-state index >= 15 is 0 Å². The van der Waals surface area contributed by atoms with Gasteiger partial charge in [-0.2, -0.15) is 0 Å². The molecule has 2 N–H and O–H groups in total. The highest BCUT2D eigenvalue weighted by atomic mass is 79.9. The Kier molecular flexibility index (Phi) is 6.08. The van der Waals surface area contributed by atoms with E-state index in [2.05, 4.69) is 26.6 Å². The molecular weight excluding hydrogens is 424 g/mol. The number of hydrogen-bond donors (Lipinski definition) is 2. The first-order chi connectivity index (χ1) is 12.9. The Bertz CT molecular complexity index is 1020. The van der Waals surface area contributed by atoms with Crippen LogP contribution in [0.25, 0.3) is 10.8 Å². The molecule has 6 heteroatoms. The van der Waals surface area contributed by atoms with Crippen molar-refractivity contribution in [3.8, 4) is 5.75 Å². The molecule has 4 nitrogen and oxygen atoms in total. The molecule has 0 atom stereocenters. The first-order valence-corrected chi connectivity index (χ1v) is 9.62. The van der Waals surface area contributed by atoms with E-state index in [4.69, 9.17) is 17.0 Å². The molecule has 0 radical (unpaired) electrons. The lowest BCUT2D eigenvalue weighted by atomic mass is 10.1. The number of carbonyl (C=O) groups is 1. The van der Waals surface area contributed by atoms with Crippen LogP contribution in [0.1, 0.15) is 11.1 Å². The summed E-state index contributed by atoms with van der Waals surface area (Å²) in [7, 11) is 0. The first kappa shape index (κ1) is 19.3. The van der Waals surface area contributed by atoms with Gasteiger partial charge in [0.1, 0.15) is 5.75 Å². The second-order valence-corrected chi connectivity index (χ2v) is 7.41. The molecule has 3 aromatic rings. The van der Waals surface area contributed by atoms with Crippen LogP contribution in [0.15, 0.2) is 59.1 Å². The van der Waals surface area contributed by atoms with E-state index in [0.29, 0.717) is 5.75 Å². The third-order valence-corrected chi connectivity index (χ3v) is 5.09. The van der Waals surface area contributed by atoms with Crippen LogP contribution in [0.4, 0.5) is 5.69 Å². The molecule has 27 heavy (non-hydrogen) atoms. The fourth-order valence-electron chi connectivity index (χ4n) is 2.74. The smallest absolute Gasteiger partial charge is 0.264 e. The van der Waals surface area contributed by atoms with Crippen molar-refractivity contribution < 1.29 is 9.53 Å². The maximum absolute atomic E-state index is 12.2. The summed E-state index contributed by atoms with van der Waals surface area (Å²) in [4.78, 5) is 12.2. The number of amides is 1. The summed E-state index contributed by atoms with van der Waals surface area (Å²) >= 11 is 8.76. The molecule has 0 bridgehead atoms. The maximum Gasteiger partial charge on any atom is 0.264 e. The van der Waals surface area contributed by atoms with Gasteiger partial charge in [-0.15, -0.1) is 0 Å². The average molecular weight is 443 g/mol. The summed E-state index contributed by atoms with van der Waals surface area (Å²) in [6, 6.07) is 17.7. The molecule has 0 aliphatic carbocycles. The van der Waals surface area contributed by atoms with Crippen molar-refractivity contribution in [2.45, 2.75) is 13.8 Å². The van der Waals surface area contributed by atoms with Crippen LogP contribution in [0.5, 0.6) is 5.75 Å². The Morgan fingerprint density at radius 3 is 2.67 bits per heavy atom. The maximum atomic E-state index is 12.2. The zero-order chi connectivity index (χ0) is 19.4. The van der Waals surface area contributed by atoms with Gasteiger partial charge in [0.25, 0.3) is 5.91 Å². The summed E-state index contributed by atoms with van der Waals surface area (Å²) in [6.07, 6.45) is 0. The number of benzene rings is 3. The van der Waals surface area contributed by atoms with Gasteiger partial charge in [0, 0.05) is 5.69 Å². The van der Waals surface area contributed by atoms with Crippen molar-refractivity contribution in [3.05, 3.63) is 70.2 Å². The molecular formula is C21H19BrN2O2S. The predicted octanol–water partition coefficient (Wildman–Crippen LogP) is 5.11. The lowest BCUT2D eigenvalue weighted by molar-refractivity contribution is -0.121. The monoisotopic (exact) mass is 442 g/mol. The molecule has 0 unspecified atom stereocenters. The molecule has 0 saturated carbocycles. The number of rotatable bonds is 4. The normalized spacial score (nSPS) is 10.5. The van der Waals surface area contributed by atoms with Gasteiger partial charge in [0.05, 0.1) is 4.47 Å². The molecule has 0 aliphatic rings. The third kappa shape index (κ3) is 4.84. The van der Waals surface area contributed by atoms with Crippen LogP contribution in [0.3, 0.4) is 0 Å². The summed E-state index contributed by atoms with van der Waals surface area (Å²) in [6.45, 7) is 3.88. The van der Waals surface area contributed by atoms with E-state index < -0.39 is 0 Å². The fraction of sp³-hybridized carbons (Fsp3) is 0.143. The van der Waals surface area contributed by atoms with Crippen LogP contribution in [-0.4, -0.2) is 17.6 Å². The standard InChI is InChI=1S/C21H19BrN2O2S/c1-13-7-9-17(14(2)11-13)23-21(27)24-19(25)12-26-18-10-8-15-5-3-4-6-16(15)20(18)22/h3-11H,12H2,1-2H3,(H2,23,24,25,27). The number of halogens is 1. The van der Waals surface area contributed by atoms with E-state index in [1.807, 2.05) is 68.4 Å². The van der Waals surface area contributed by atoms with E-state index in [1.54, 1.807) is 0 Å². The number of aryl methyl sites for hydroxylation is 2. The lowest BCUT2D eigenvalue weighted by Crippen LogP contribution is -2.37. The second-order valence-electron chi connectivity index (χ2n) is 6.21. The molecule has 0 aromatic heterocycles. The Balaban J connectivity index is 1.58. The van der Waals surface area contributed by atoms with Crippen LogP contribution in [-0.2, 0) is 4.79 Å². The van der Waals surface area contributed by atoms with Gasteiger partial charge < -0.3 is 10.1 Å². The van der Waals surface area contributed by atoms with Gasteiger partial charge in [0.2, 0.25) is 0 Å².